The second-order valence-corrected chi connectivity index (χ2v) is 4.31. The summed E-state index contributed by atoms with van der Waals surface area (Å²) in [5.41, 5.74) is 1.00. The molecule has 0 aliphatic carbocycles. The zero-order chi connectivity index (χ0) is 13.4. The van der Waals surface area contributed by atoms with Crippen molar-refractivity contribution in [1.29, 1.82) is 0 Å². The van der Waals surface area contributed by atoms with Crippen molar-refractivity contribution in [1.82, 2.24) is 5.32 Å². The van der Waals surface area contributed by atoms with Gasteiger partial charge in [-0.2, -0.15) is 0 Å². The smallest absolute Gasteiger partial charge is 0.306 e. The Morgan fingerprint density at radius 3 is 2.67 bits per heavy atom. The fourth-order valence-electron chi connectivity index (χ4n) is 1.55. The molecular formula is C14H20FNO2. The summed E-state index contributed by atoms with van der Waals surface area (Å²) in [6.07, 6.45) is 1.11. The Labute approximate surface area is 107 Å². The molecule has 0 radical (unpaired) electrons. The molecule has 1 aromatic rings. The zero-order valence-corrected chi connectivity index (χ0v) is 10.9. The largest absolute Gasteiger partial charge is 0.461 e. The molecule has 0 heterocycles. The molecule has 0 fully saturated rings. The lowest BCUT2D eigenvalue weighted by atomic mass is 10.2. The van der Waals surface area contributed by atoms with E-state index in [2.05, 4.69) is 5.32 Å². The van der Waals surface area contributed by atoms with Crippen molar-refractivity contribution in [2.75, 3.05) is 6.54 Å². The van der Waals surface area contributed by atoms with Gasteiger partial charge in [-0.3, -0.25) is 4.79 Å². The lowest BCUT2D eigenvalue weighted by molar-refractivity contribution is -0.148. The van der Waals surface area contributed by atoms with Crippen LogP contribution in [0.3, 0.4) is 0 Å². The molecule has 0 amide bonds. The van der Waals surface area contributed by atoms with Gasteiger partial charge in [0.15, 0.2) is 0 Å². The van der Waals surface area contributed by atoms with Crippen LogP contribution in [0.5, 0.6) is 0 Å². The summed E-state index contributed by atoms with van der Waals surface area (Å²) in [6.45, 7) is 5.02. The van der Waals surface area contributed by atoms with E-state index in [0.29, 0.717) is 19.5 Å². The monoisotopic (exact) mass is 253 g/mol. The molecule has 18 heavy (non-hydrogen) atoms. The third kappa shape index (κ3) is 5.77. The average Bonchev–Trinajstić information content (AvgIpc) is 2.32. The van der Waals surface area contributed by atoms with Gasteiger partial charge in [0, 0.05) is 19.5 Å². The fourth-order valence-corrected chi connectivity index (χ4v) is 1.55. The van der Waals surface area contributed by atoms with Gasteiger partial charge in [-0.15, -0.1) is 0 Å². The summed E-state index contributed by atoms with van der Waals surface area (Å²) in [5, 5.41) is 3.17. The summed E-state index contributed by atoms with van der Waals surface area (Å²) in [7, 11) is 0. The summed E-state index contributed by atoms with van der Waals surface area (Å²) in [6, 6.07) is 6.33. The number of hydrogen-bond acceptors (Lipinski definition) is 3. The summed E-state index contributed by atoms with van der Waals surface area (Å²) < 4.78 is 17.9. The second kappa shape index (κ2) is 7.82. The van der Waals surface area contributed by atoms with Crippen LogP contribution in [0.2, 0.25) is 0 Å². The number of esters is 1. The highest BCUT2D eigenvalue weighted by molar-refractivity contribution is 5.69. The third-order valence-corrected chi connectivity index (χ3v) is 2.46. The molecule has 0 aliphatic rings. The number of carbonyl (C=O) groups is 1. The van der Waals surface area contributed by atoms with E-state index >= 15 is 0 Å². The number of ether oxygens (including phenoxy) is 1. The minimum absolute atomic E-state index is 0.149. The first kappa shape index (κ1) is 14.6. The molecular weight excluding hydrogens is 233 g/mol. The maximum absolute atomic E-state index is 12.7. The highest BCUT2D eigenvalue weighted by Gasteiger charge is 2.07. The van der Waals surface area contributed by atoms with Gasteiger partial charge in [-0.05, 0) is 31.0 Å². The standard InChI is InChI=1S/C14H20FNO2/c1-3-4-14(17)18-11(2)9-16-10-12-5-7-13(15)8-6-12/h5-8,11,16H,3-4,9-10H2,1-2H3. The minimum atomic E-state index is -0.236. The van der Waals surface area contributed by atoms with Gasteiger partial charge in [0.2, 0.25) is 0 Å². The first-order valence-electron chi connectivity index (χ1n) is 6.26. The van der Waals surface area contributed by atoms with Gasteiger partial charge in [0.25, 0.3) is 0 Å². The van der Waals surface area contributed by atoms with Gasteiger partial charge in [0.05, 0.1) is 0 Å². The van der Waals surface area contributed by atoms with E-state index in [1.165, 1.54) is 12.1 Å². The van der Waals surface area contributed by atoms with Crippen LogP contribution >= 0.6 is 0 Å². The van der Waals surface area contributed by atoms with E-state index in [9.17, 15) is 9.18 Å². The number of benzene rings is 1. The molecule has 0 spiro atoms. The fraction of sp³-hybridized carbons (Fsp3) is 0.500. The van der Waals surface area contributed by atoms with Gasteiger partial charge in [-0.1, -0.05) is 19.1 Å². The van der Waals surface area contributed by atoms with Crippen LogP contribution in [-0.2, 0) is 16.1 Å². The van der Waals surface area contributed by atoms with E-state index in [0.717, 1.165) is 12.0 Å². The summed E-state index contributed by atoms with van der Waals surface area (Å²) in [5.74, 6) is -0.394. The Balaban J connectivity index is 2.21. The molecule has 0 saturated heterocycles. The Hall–Kier alpha value is -1.42. The Kier molecular flexibility index (Phi) is 6.36. The van der Waals surface area contributed by atoms with E-state index in [1.54, 1.807) is 12.1 Å². The molecule has 1 aromatic carbocycles. The van der Waals surface area contributed by atoms with Crippen LogP contribution in [-0.4, -0.2) is 18.6 Å². The maximum Gasteiger partial charge on any atom is 0.306 e. The van der Waals surface area contributed by atoms with Crippen LogP contribution in [0.4, 0.5) is 4.39 Å². The van der Waals surface area contributed by atoms with E-state index in [4.69, 9.17) is 4.74 Å². The quantitative estimate of drug-likeness (QED) is 0.759. The van der Waals surface area contributed by atoms with Crippen LogP contribution in [0.1, 0.15) is 32.3 Å². The maximum atomic E-state index is 12.7. The second-order valence-electron chi connectivity index (χ2n) is 4.31. The minimum Gasteiger partial charge on any atom is -0.461 e. The molecule has 100 valence electrons. The van der Waals surface area contributed by atoms with Crippen molar-refractivity contribution < 1.29 is 13.9 Å². The molecule has 0 aliphatic heterocycles. The zero-order valence-electron chi connectivity index (χ0n) is 10.9. The molecule has 4 heteroatoms. The van der Waals surface area contributed by atoms with Crippen molar-refractivity contribution in [3.8, 4) is 0 Å². The van der Waals surface area contributed by atoms with Crippen LogP contribution in [0, 0.1) is 5.82 Å². The van der Waals surface area contributed by atoms with E-state index < -0.39 is 0 Å². The van der Waals surface area contributed by atoms with Crippen LogP contribution in [0.25, 0.3) is 0 Å². The SMILES string of the molecule is CCCC(=O)OC(C)CNCc1ccc(F)cc1. The topological polar surface area (TPSA) is 38.3 Å². The summed E-state index contributed by atoms with van der Waals surface area (Å²) >= 11 is 0. The van der Waals surface area contributed by atoms with Crippen molar-refractivity contribution >= 4 is 5.97 Å². The molecule has 0 bridgehead atoms. The van der Waals surface area contributed by atoms with Crippen LogP contribution < -0.4 is 5.32 Å². The number of hydrogen-bond donors (Lipinski definition) is 1. The molecule has 1 N–H and O–H groups in total. The van der Waals surface area contributed by atoms with Gasteiger partial charge < -0.3 is 10.1 Å². The van der Waals surface area contributed by atoms with Gasteiger partial charge in [0.1, 0.15) is 11.9 Å². The molecule has 0 saturated carbocycles. The lowest BCUT2D eigenvalue weighted by Gasteiger charge is -2.14. The highest BCUT2D eigenvalue weighted by atomic mass is 19.1. The number of carbonyl (C=O) groups excluding carboxylic acids is 1. The highest BCUT2D eigenvalue weighted by Crippen LogP contribution is 2.02. The number of rotatable bonds is 7. The Bertz CT molecular complexity index is 365. The van der Waals surface area contributed by atoms with Crippen molar-refractivity contribution in [3.63, 3.8) is 0 Å². The van der Waals surface area contributed by atoms with Crippen molar-refractivity contribution in [3.05, 3.63) is 35.6 Å². The first-order valence-corrected chi connectivity index (χ1v) is 6.26. The predicted octanol–water partition coefficient (Wildman–Crippen LogP) is 2.65. The molecule has 1 atom stereocenters. The molecule has 1 rings (SSSR count). The third-order valence-electron chi connectivity index (χ3n) is 2.46. The average molecular weight is 253 g/mol. The van der Waals surface area contributed by atoms with Crippen LogP contribution in [0.15, 0.2) is 24.3 Å². The lowest BCUT2D eigenvalue weighted by Crippen LogP contribution is -2.28. The number of nitrogens with one attached hydrogen (secondary N) is 1. The summed E-state index contributed by atoms with van der Waals surface area (Å²) in [4.78, 5) is 11.2. The molecule has 0 aromatic heterocycles. The van der Waals surface area contributed by atoms with Crippen molar-refractivity contribution in [2.24, 2.45) is 0 Å². The Morgan fingerprint density at radius 2 is 2.06 bits per heavy atom. The first-order chi connectivity index (χ1) is 8.61. The van der Waals surface area contributed by atoms with Crippen molar-refractivity contribution in [2.45, 2.75) is 39.3 Å². The number of halogens is 1. The molecule has 1 unspecified atom stereocenters. The van der Waals surface area contributed by atoms with Gasteiger partial charge >= 0.3 is 5.97 Å². The molecule has 3 nitrogen and oxygen atoms in total. The predicted molar refractivity (Wildman–Crippen MR) is 68.6 cm³/mol. The van der Waals surface area contributed by atoms with E-state index in [1.807, 2.05) is 13.8 Å². The normalized spacial score (nSPS) is 12.2. The van der Waals surface area contributed by atoms with E-state index in [-0.39, 0.29) is 17.9 Å². The Morgan fingerprint density at radius 1 is 1.39 bits per heavy atom. The van der Waals surface area contributed by atoms with Gasteiger partial charge in [-0.25, -0.2) is 4.39 Å².